The van der Waals surface area contributed by atoms with Crippen molar-refractivity contribution in [3.05, 3.63) is 71.3 Å². The Kier molecular flexibility index (Phi) is 4.68. The van der Waals surface area contributed by atoms with Gasteiger partial charge in [0.15, 0.2) is 0 Å². The summed E-state index contributed by atoms with van der Waals surface area (Å²) in [5.41, 5.74) is 3.11. The fourth-order valence-corrected chi connectivity index (χ4v) is 2.35. The normalized spacial score (nSPS) is 10.3. The number of rotatable bonds is 5. The zero-order valence-corrected chi connectivity index (χ0v) is 13.4. The standard InChI is InChI=1S/C17H16ClN5/c1-12-7-14(18)4-5-15(12)23-17-8-16(21-11-22-17)20-10-13-3-2-6-19-9-13/h2-9,11H,10H2,1H3,(H2,20,21,22,23). The summed E-state index contributed by atoms with van der Waals surface area (Å²) in [5.74, 6) is 1.47. The average molecular weight is 326 g/mol. The van der Waals surface area contributed by atoms with Gasteiger partial charge in [-0.05, 0) is 42.3 Å². The molecule has 0 aliphatic carbocycles. The summed E-state index contributed by atoms with van der Waals surface area (Å²) in [4.78, 5) is 12.6. The van der Waals surface area contributed by atoms with Crippen molar-refractivity contribution in [2.24, 2.45) is 0 Å². The third kappa shape index (κ3) is 4.17. The van der Waals surface area contributed by atoms with Crippen LogP contribution in [0, 0.1) is 6.92 Å². The Morgan fingerprint density at radius 3 is 2.74 bits per heavy atom. The molecule has 0 saturated heterocycles. The van der Waals surface area contributed by atoms with Gasteiger partial charge in [-0.2, -0.15) is 0 Å². The van der Waals surface area contributed by atoms with Crippen LogP contribution < -0.4 is 10.6 Å². The molecule has 0 aliphatic rings. The van der Waals surface area contributed by atoms with Crippen molar-refractivity contribution in [3.63, 3.8) is 0 Å². The smallest absolute Gasteiger partial charge is 0.135 e. The molecule has 2 N–H and O–H groups in total. The van der Waals surface area contributed by atoms with Crippen molar-refractivity contribution in [3.8, 4) is 0 Å². The Bertz CT molecular complexity index is 792. The molecular formula is C17H16ClN5. The van der Waals surface area contributed by atoms with Crippen LogP contribution in [-0.4, -0.2) is 15.0 Å². The third-order valence-corrected chi connectivity index (χ3v) is 3.55. The van der Waals surface area contributed by atoms with Crippen molar-refractivity contribution in [1.29, 1.82) is 0 Å². The van der Waals surface area contributed by atoms with E-state index in [2.05, 4.69) is 25.6 Å². The van der Waals surface area contributed by atoms with E-state index >= 15 is 0 Å². The van der Waals surface area contributed by atoms with Gasteiger partial charge >= 0.3 is 0 Å². The van der Waals surface area contributed by atoms with Crippen LogP contribution in [0.15, 0.2) is 55.1 Å². The summed E-state index contributed by atoms with van der Waals surface area (Å²) >= 11 is 5.98. The first-order valence-corrected chi connectivity index (χ1v) is 7.56. The highest BCUT2D eigenvalue weighted by molar-refractivity contribution is 6.30. The van der Waals surface area contributed by atoms with Crippen LogP contribution in [0.4, 0.5) is 17.3 Å². The Hall–Kier alpha value is -2.66. The van der Waals surface area contributed by atoms with E-state index in [4.69, 9.17) is 11.6 Å². The molecule has 23 heavy (non-hydrogen) atoms. The molecular weight excluding hydrogens is 310 g/mol. The summed E-state index contributed by atoms with van der Waals surface area (Å²) < 4.78 is 0. The van der Waals surface area contributed by atoms with Crippen molar-refractivity contribution >= 4 is 28.9 Å². The van der Waals surface area contributed by atoms with Crippen LogP contribution in [0.25, 0.3) is 0 Å². The van der Waals surface area contributed by atoms with Crippen molar-refractivity contribution in [2.45, 2.75) is 13.5 Å². The van der Waals surface area contributed by atoms with Crippen LogP contribution in [-0.2, 0) is 6.54 Å². The van der Waals surface area contributed by atoms with Crippen LogP contribution in [0.3, 0.4) is 0 Å². The Labute approximate surface area is 139 Å². The number of halogens is 1. The fraction of sp³-hybridized carbons (Fsp3) is 0.118. The highest BCUT2D eigenvalue weighted by atomic mass is 35.5. The summed E-state index contributed by atoms with van der Waals surface area (Å²) in [5, 5.41) is 7.25. The molecule has 0 unspecified atom stereocenters. The predicted octanol–water partition coefficient (Wildman–Crippen LogP) is 4.19. The lowest BCUT2D eigenvalue weighted by Gasteiger charge is -2.10. The minimum Gasteiger partial charge on any atom is -0.366 e. The molecule has 0 fully saturated rings. The van der Waals surface area contributed by atoms with Gasteiger partial charge in [-0.1, -0.05) is 17.7 Å². The molecule has 0 saturated carbocycles. The van der Waals surface area contributed by atoms with Gasteiger partial charge in [0.1, 0.15) is 18.0 Å². The maximum atomic E-state index is 5.98. The largest absolute Gasteiger partial charge is 0.366 e. The van der Waals surface area contributed by atoms with E-state index in [9.17, 15) is 0 Å². The summed E-state index contributed by atoms with van der Waals surface area (Å²) in [6.07, 6.45) is 5.11. The van der Waals surface area contributed by atoms with Crippen molar-refractivity contribution < 1.29 is 0 Å². The highest BCUT2D eigenvalue weighted by Gasteiger charge is 2.03. The quantitative estimate of drug-likeness (QED) is 0.736. The van der Waals surface area contributed by atoms with Crippen LogP contribution >= 0.6 is 11.6 Å². The zero-order valence-electron chi connectivity index (χ0n) is 12.6. The molecule has 0 aliphatic heterocycles. The number of aryl methyl sites for hydroxylation is 1. The Morgan fingerprint density at radius 1 is 1.09 bits per heavy atom. The van der Waals surface area contributed by atoms with E-state index in [0.717, 1.165) is 33.5 Å². The summed E-state index contributed by atoms with van der Waals surface area (Å²) in [6.45, 7) is 2.65. The average Bonchev–Trinajstić information content (AvgIpc) is 2.57. The van der Waals surface area contributed by atoms with E-state index in [1.54, 1.807) is 6.20 Å². The number of hydrogen-bond donors (Lipinski definition) is 2. The molecule has 6 heteroatoms. The Balaban J connectivity index is 1.69. The zero-order chi connectivity index (χ0) is 16.1. The molecule has 0 spiro atoms. The third-order valence-electron chi connectivity index (χ3n) is 3.31. The molecule has 3 aromatic rings. The van der Waals surface area contributed by atoms with Gasteiger partial charge in [0.25, 0.3) is 0 Å². The van der Waals surface area contributed by atoms with Crippen molar-refractivity contribution in [1.82, 2.24) is 15.0 Å². The molecule has 0 amide bonds. The summed E-state index contributed by atoms with van der Waals surface area (Å²) in [6, 6.07) is 11.5. The van der Waals surface area contributed by atoms with Crippen LogP contribution in [0.2, 0.25) is 5.02 Å². The Morgan fingerprint density at radius 2 is 1.96 bits per heavy atom. The lowest BCUT2D eigenvalue weighted by Crippen LogP contribution is -2.03. The minimum absolute atomic E-state index is 0.657. The first-order chi connectivity index (χ1) is 11.2. The molecule has 116 valence electrons. The first-order valence-electron chi connectivity index (χ1n) is 7.19. The molecule has 2 aromatic heterocycles. The predicted molar refractivity (Wildman–Crippen MR) is 93.1 cm³/mol. The monoisotopic (exact) mass is 325 g/mol. The minimum atomic E-state index is 0.657. The van der Waals surface area contributed by atoms with E-state index in [1.165, 1.54) is 6.33 Å². The van der Waals surface area contributed by atoms with E-state index < -0.39 is 0 Å². The SMILES string of the molecule is Cc1cc(Cl)ccc1Nc1cc(NCc2cccnc2)ncn1. The van der Waals surface area contributed by atoms with Gasteiger partial charge < -0.3 is 10.6 Å². The van der Waals surface area contributed by atoms with Gasteiger partial charge in [-0.25, -0.2) is 9.97 Å². The van der Waals surface area contributed by atoms with Gasteiger partial charge in [0, 0.05) is 35.7 Å². The second-order valence-corrected chi connectivity index (χ2v) is 5.52. The molecule has 0 bridgehead atoms. The van der Waals surface area contributed by atoms with Gasteiger partial charge in [0.2, 0.25) is 0 Å². The van der Waals surface area contributed by atoms with Crippen molar-refractivity contribution in [2.75, 3.05) is 10.6 Å². The molecule has 0 radical (unpaired) electrons. The molecule has 3 rings (SSSR count). The highest BCUT2D eigenvalue weighted by Crippen LogP contribution is 2.23. The number of nitrogens with one attached hydrogen (secondary N) is 2. The molecule has 5 nitrogen and oxygen atoms in total. The number of aromatic nitrogens is 3. The molecule has 2 heterocycles. The number of anilines is 3. The van der Waals surface area contributed by atoms with Gasteiger partial charge in [-0.15, -0.1) is 0 Å². The lowest BCUT2D eigenvalue weighted by molar-refractivity contribution is 1.07. The van der Waals surface area contributed by atoms with E-state index in [0.29, 0.717) is 6.54 Å². The summed E-state index contributed by atoms with van der Waals surface area (Å²) in [7, 11) is 0. The number of hydrogen-bond acceptors (Lipinski definition) is 5. The second-order valence-electron chi connectivity index (χ2n) is 5.09. The maximum absolute atomic E-state index is 5.98. The van der Waals surface area contributed by atoms with Crippen LogP contribution in [0.1, 0.15) is 11.1 Å². The molecule has 0 atom stereocenters. The number of pyridine rings is 1. The van der Waals surface area contributed by atoms with E-state index in [-0.39, 0.29) is 0 Å². The molecule has 1 aromatic carbocycles. The van der Waals surface area contributed by atoms with E-state index in [1.807, 2.05) is 49.5 Å². The second kappa shape index (κ2) is 7.07. The fourth-order valence-electron chi connectivity index (χ4n) is 2.12. The first kappa shape index (κ1) is 15.2. The number of nitrogens with zero attached hydrogens (tertiary/aromatic N) is 3. The van der Waals surface area contributed by atoms with Crippen LogP contribution in [0.5, 0.6) is 0 Å². The van der Waals surface area contributed by atoms with Gasteiger partial charge in [0.05, 0.1) is 0 Å². The number of benzene rings is 1. The lowest BCUT2D eigenvalue weighted by atomic mass is 10.2. The van der Waals surface area contributed by atoms with Gasteiger partial charge in [-0.3, -0.25) is 4.98 Å². The maximum Gasteiger partial charge on any atom is 0.135 e. The topological polar surface area (TPSA) is 62.7 Å².